The summed E-state index contributed by atoms with van der Waals surface area (Å²) < 4.78 is 30.0. The number of benzene rings is 2. The maximum absolute atomic E-state index is 12.3. The minimum absolute atomic E-state index is 0.100. The van der Waals surface area contributed by atoms with Gasteiger partial charge in [-0.2, -0.15) is 0 Å². The quantitative estimate of drug-likeness (QED) is 0.661. The fourth-order valence-electron chi connectivity index (χ4n) is 2.58. The summed E-state index contributed by atoms with van der Waals surface area (Å²) in [4.78, 5) is 11.1. The Kier molecular flexibility index (Phi) is 7.35. The van der Waals surface area contributed by atoms with Crippen molar-refractivity contribution >= 4 is 5.78 Å². The second-order valence-electron chi connectivity index (χ2n) is 6.18. The van der Waals surface area contributed by atoms with E-state index in [0.717, 1.165) is 22.4 Å². The molecule has 0 aliphatic rings. The van der Waals surface area contributed by atoms with Gasteiger partial charge in [-0.25, -0.2) is 8.78 Å². The van der Waals surface area contributed by atoms with Crippen molar-refractivity contribution in [3.8, 4) is 17.6 Å². The first kappa shape index (κ1) is 19.7. The summed E-state index contributed by atoms with van der Waals surface area (Å²) in [6.07, 6.45) is -2.39. The number of carbonyl (C=O) groups excluding carboxylic acids is 1. The highest BCUT2D eigenvalue weighted by atomic mass is 19.3. The van der Waals surface area contributed by atoms with E-state index >= 15 is 0 Å². The molecule has 0 N–H and O–H groups in total. The highest BCUT2D eigenvalue weighted by molar-refractivity contribution is 5.81. The lowest BCUT2D eigenvalue weighted by molar-refractivity contribution is -0.130. The van der Waals surface area contributed by atoms with Crippen LogP contribution in [0.2, 0.25) is 0 Å². The third-order valence-corrected chi connectivity index (χ3v) is 3.85. The van der Waals surface area contributed by atoms with E-state index in [1.165, 1.54) is 0 Å². The second-order valence-corrected chi connectivity index (χ2v) is 6.18. The summed E-state index contributed by atoms with van der Waals surface area (Å²) in [6, 6.07) is 15.2. The summed E-state index contributed by atoms with van der Waals surface area (Å²) >= 11 is 0. The van der Waals surface area contributed by atoms with E-state index in [-0.39, 0.29) is 12.3 Å². The van der Waals surface area contributed by atoms with Gasteiger partial charge in [0.1, 0.15) is 5.75 Å². The van der Waals surface area contributed by atoms with Gasteiger partial charge in [0.05, 0.1) is 6.61 Å². The Morgan fingerprint density at radius 3 is 2.04 bits per heavy atom. The Morgan fingerprint density at radius 2 is 1.54 bits per heavy atom. The zero-order valence-corrected chi connectivity index (χ0v) is 15.0. The number of Topliss-reactive ketones (excluding diaryl/α,β-unsaturated/α-hetero) is 1. The summed E-state index contributed by atoms with van der Waals surface area (Å²) in [6.45, 7) is 4.38. The molecule has 1 unspecified atom stereocenters. The van der Waals surface area contributed by atoms with Crippen LogP contribution in [0.25, 0.3) is 0 Å². The van der Waals surface area contributed by atoms with E-state index in [9.17, 15) is 13.6 Å². The standard InChI is InChI=1S/C22H22F2O2/c1-3-26-20-12-10-18(11-13-20)5-4-17-6-8-19(9-7-17)14-16(2)15-21(25)22(23)24/h6-13,16,22H,3,14-15H2,1-2H3. The average Bonchev–Trinajstić information content (AvgIpc) is 2.62. The van der Waals surface area contributed by atoms with Gasteiger partial charge in [0.15, 0.2) is 5.78 Å². The molecule has 2 rings (SSSR count). The minimum atomic E-state index is -2.88. The molecule has 2 nitrogen and oxygen atoms in total. The van der Waals surface area contributed by atoms with Crippen LogP contribution >= 0.6 is 0 Å². The van der Waals surface area contributed by atoms with Crippen LogP contribution in [0.3, 0.4) is 0 Å². The molecule has 1 atom stereocenters. The van der Waals surface area contributed by atoms with Gasteiger partial charge < -0.3 is 4.74 Å². The molecule has 0 fully saturated rings. The van der Waals surface area contributed by atoms with Crippen LogP contribution in [0.4, 0.5) is 8.78 Å². The van der Waals surface area contributed by atoms with Crippen molar-refractivity contribution in [1.29, 1.82) is 0 Å². The van der Waals surface area contributed by atoms with Crippen LogP contribution in [0.15, 0.2) is 48.5 Å². The van der Waals surface area contributed by atoms with Crippen molar-refractivity contribution in [2.24, 2.45) is 5.92 Å². The number of carbonyl (C=O) groups is 1. The second kappa shape index (κ2) is 9.72. The van der Waals surface area contributed by atoms with E-state index < -0.39 is 12.2 Å². The predicted octanol–water partition coefficient (Wildman–Crippen LogP) is 4.89. The van der Waals surface area contributed by atoms with E-state index in [2.05, 4.69) is 11.8 Å². The molecule has 26 heavy (non-hydrogen) atoms. The van der Waals surface area contributed by atoms with E-state index in [0.29, 0.717) is 13.0 Å². The van der Waals surface area contributed by atoms with Crippen LogP contribution in [0.1, 0.15) is 37.0 Å². The summed E-state index contributed by atoms with van der Waals surface area (Å²) in [5, 5.41) is 0. The van der Waals surface area contributed by atoms with Crippen LogP contribution in [0, 0.1) is 17.8 Å². The maximum Gasteiger partial charge on any atom is 0.295 e. The van der Waals surface area contributed by atoms with Crippen molar-refractivity contribution in [3.63, 3.8) is 0 Å². The lowest BCUT2D eigenvalue weighted by Crippen LogP contribution is -2.15. The Hall–Kier alpha value is -2.67. The monoisotopic (exact) mass is 356 g/mol. The SMILES string of the molecule is CCOc1ccc(C#Cc2ccc(CC(C)CC(=O)C(F)F)cc2)cc1. The van der Waals surface area contributed by atoms with Crippen molar-refractivity contribution in [1.82, 2.24) is 0 Å². The Labute approximate surface area is 153 Å². The van der Waals surface area contributed by atoms with E-state index in [1.54, 1.807) is 6.92 Å². The lowest BCUT2D eigenvalue weighted by Gasteiger charge is -2.10. The number of hydrogen-bond acceptors (Lipinski definition) is 2. The van der Waals surface area contributed by atoms with Gasteiger partial charge in [-0.3, -0.25) is 4.79 Å². The van der Waals surface area contributed by atoms with Gasteiger partial charge in [-0.05, 0) is 61.2 Å². The van der Waals surface area contributed by atoms with E-state index in [4.69, 9.17) is 4.74 Å². The Balaban J connectivity index is 1.94. The van der Waals surface area contributed by atoms with Crippen molar-refractivity contribution < 1.29 is 18.3 Å². The number of halogens is 2. The van der Waals surface area contributed by atoms with Crippen LogP contribution in [0.5, 0.6) is 5.75 Å². The molecule has 0 radical (unpaired) electrons. The molecule has 4 heteroatoms. The average molecular weight is 356 g/mol. The normalized spacial score (nSPS) is 11.6. The highest BCUT2D eigenvalue weighted by Crippen LogP contribution is 2.15. The van der Waals surface area contributed by atoms with Gasteiger partial charge in [0.2, 0.25) is 0 Å². The number of hydrogen-bond donors (Lipinski definition) is 0. The molecule has 0 saturated heterocycles. The summed E-state index contributed by atoms with van der Waals surface area (Å²) in [5.41, 5.74) is 2.78. The molecular weight excluding hydrogens is 334 g/mol. The summed E-state index contributed by atoms with van der Waals surface area (Å²) in [7, 11) is 0. The molecule has 0 heterocycles. The minimum Gasteiger partial charge on any atom is -0.494 e. The molecule has 0 aliphatic carbocycles. The molecule has 2 aromatic carbocycles. The molecule has 0 spiro atoms. The molecule has 136 valence electrons. The smallest absolute Gasteiger partial charge is 0.295 e. The van der Waals surface area contributed by atoms with E-state index in [1.807, 2.05) is 55.5 Å². The Bertz CT molecular complexity index is 769. The largest absolute Gasteiger partial charge is 0.494 e. The van der Waals surface area contributed by atoms with Crippen LogP contribution in [-0.2, 0) is 11.2 Å². The Morgan fingerprint density at radius 1 is 1.00 bits per heavy atom. The molecular formula is C22H22F2O2. The molecule has 2 aromatic rings. The third-order valence-electron chi connectivity index (χ3n) is 3.85. The first-order valence-electron chi connectivity index (χ1n) is 8.62. The first-order chi connectivity index (χ1) is 12.5. The van der Waals surface area contributed by atoms with Crippen molar-refractivity contribution in [3.05, 3.63) is 65.2 Å². The fraction of sp³-hybridized carbons (Fsp3) is 0.318. The van der Waals surface area contributed by atoms with Gasteiger partial charge in [-0.15, -0.1) is 0 Å². The molecule has 0 bridgehead atoms. The van der Waals surface area contributed by atoms with Crippen LogP contribution in [-0.4, -0.2) is 18.8 Å². The number of alkyl halides is 2. The molecule has 0 saturated carbocycles. The van der Waals surface area contributed by atoms with Gasteiger partial charge in [0, 0.05) is 17.5 Å². The number of ketones is 1. The van der Waals surface area contributed by atoms with Crippen LogP contribution < -0.4 is 4.74 Å². The molecule has 0 amide bonds. The lowest BCUT2D eigenvalue weighted by atomic mass is 9.95. The zero-order valence-electron chi connectivity index (χ0n) is 15.0. The predicted molar refractivity (Wildman–Crippen MR) is 98.5 cm³/mol. The highest BCUT2D eigenvalue weighted by Gasteiger charge is 2.18. The topological polar surface area (TPSA) is 26.3 Å². The fourth-order valence-corrected chi connectivity index (χ4v) is 2.58. The summed E-state index contributed by atoms with van der Waals surface area (Å²) in [5.74, 6) is 5.91. The van der Waals surface area contributed by atoms with Crippen molar-refractivity contribution in [2.75, 3.05) is 6.61 Å². The zero-order chi connectivity index (χ0) is 18.9. The molecule has 0 aliphatic heterocycles. The third kappa shape index (κ3) is 6.33. The first-order valence-corrected chi connectivity index (χ1v) is 8.62. The van der Waals surface area contributed by atoms with Gasteiger partial charge in [-0.1, -0.05) is 30.9 Å². The number of rotatable bonds is 7. The maximum atomic E-state index is 12.3. The molecule has 0 aromatic heterocycles. The van der Waals surface area contributed by atoms with Gasteiger partial charge >= 0.3 is 0 Å². The van der Waals surface area contributed by atoms with Crippen molar-refractivity contribution in [2.45, 2.75) is 33.1 Å². The number of ether oxygens (including phenoxy) is 1. The van der Waals surface area contributed by atoms with Gasteiger partial charge in [0.25, 0.3) is 6.43 Å².